The molecule has 25 heavy (non-hydrogen) atoms. The molecule has 1 amide bonds. The highest BCUT2D eigenvalue weighted by Gasteiger charge is 2.56. The quantitative estimate of drug-likeness (QED) is 0.914. The molecule has 3 heterocycles. The van der Waals surface area contributed by atoms with Crippen molar-refractivity contribution in [1.29, 1.82) is 5.26 Å². The first-order valence-corrected chi connectivity index (χ1v) is 9.46. The van der Waals surface area contributed by atoms with Crippen LogP contribution in [-0.4, -0.2) is 51.9 Å². The van der Waals surface area contributed by atoms with E-state index in [0.29, 0.717) is 22.7 Å². The number of hydrogen-bond acceptors (Lipinski definition) is 5. The predicted molar refractivity (Wildman–Crippen MR) is 95.1 cm³/mol. The molecule has 1 aliphatic heterocycles. The Morgan fingerprint density at radius 2 is 2.36 bits per heavy atom. The molecule has 1 atom stereocenters. The molecule has 7 heteroatoms. The monoisotopic (exact) mass is 355 g/mol. The highest BCUT2D eigenvalue weighted by Crippen LogP contribution is 2.56. The maximum atomic E-state index is 12.6. The number of carbonyl (C=O) groups is 1. The molecule has 6 nitrogen and oxygen atoms in total. The molecule has 0 radical (unpaired) electrons. The fraction of sp³-hybridized carbons (Fsp3) is 0.500. The van der Waals surface area contributed by atoms with Crippen LogP contribution in [0, 0.1) is 16.7 Å². The Balaban J connectivity index is 1.33. The zero-order valence-corrected chi connectivity index (χ0v) is 15.1. The fourth-order valence-electron chi connectivity index (χ4n) is 4.05. The molecule has 2 fully saturated rings. The molecule has 1 spiro atoms. The zero-order valence-electron chi connectivity index (χ0n) is 14.2. The second-order valence-electron chi connectivity index (χ2n) is 7.13. The first kappa shape index (κ1) is 16.3. The van der Waals surface area contributed by atoms with E-state index in [1.807, 2.05) is 16.5 Å². The highest BCUT2D eigenvalue weighted by molar-refractivity contribution is 7.09. The molecule has 4 rings (SSSR count). The van der Waals surface area contributed by atoms with Gasteiger partial charge in [0.2, 0.25) is 0 Å². The van der Waals surface area contributed by atoms with Crippen molar-refractivity contribution in [3.05, 3.63) is 40.1 Å². The van der Waals surface area contributed by atoms with Gasteiger partial charge < -0.3 is 9.88 Å². The topological polar surface area (TPSA) is 76.0 Å². The van der Waals surface area contributed by atoms with Gasteiger partial charge in [0.25, 0.3) is 5.91 Å². The summed E-state index contributed by atoms with van der Waals surface area (Å²) in [5.41, 5.74) is 1.39. The summed E-state index contributed by atoms with van der Waals surface area (Å²) in [5, 5.41) is 12.1. The number of carbonyl (C=O) groups excluding carboxylic acids is 1. The number of aromatic amines is 1. The number of hydrogen-bond donors (Lipinski definition) is 1. The van der Waals surface area contributed by atoms with Gasteiger partial charge in [-0.1, -0.05) is 0 Å². The van der Waals surface area contributed by atoms with Crippen LogP contribution in [0.5, 0.6) is 0 Å². The Morgan fingerprint density at radius 3 is 3.00 bits per heavy atom. The average Bonchev–Trinajstić information content (AvgIpc) is 3.02. The third-order valence-corrected chi connectivity index (χ3v) is 6.40. The van der Waals surface area contributed by atoms with Gasteiger partial charge in [0.1, 0.15) is 16.8 Å². The molecular formula is C18H21N5OS. The van der Waals surface area contributed by atoms with Gasteiger partial charge in [-0.15, -0.1) is 11.3 Å². The average molecular weight is 355 g/mol. The maximum absolute atomic E-state index is 12.6. The zero-order chi connectivity index (χ0) is 17.4. The summed E-state index contributed by atoms with van der Waals surface area (Å²) in [6.45, 7) is 2.49. The van der Waals surface area contributed by atoms with Crippen molar-refractivity contribution in [2.24, 2.45) is 5.41 Å². The lowest BCUT2D eigenvalue weighted by molar-refractivity contribution is 0.0652. The van der Waals surface area contributed by atoms with Crippen molar-refractivity contribution < 1.29 is 4.79 Å². The van der Waals surface area contributed by atoms with Crippen LogP contribution in [0.3, 0.4) is 0 Å². The summed E-state index contributed by atoms with van der Waals surface area (Å²) in [6.07, 6.45) is 6.77. The van der Waals surface area contributed by atoms with Crippen LogP contribution < -0.4 is 0 Å². The number of thiazole rings is 1. The molecule has 0 unspecified atom stereocenters. The number of piperidine rings is 1. The number of amides is 1. The lowest BCUT2D eigenvalue weighted by Gasteiger charge is -2.34. The number of H-pyrrole nitrogens is 1. The number of likely N-dealkylation sites (tertiary alicyclic amines) is 1. The SMILES string of the molecule is CN(Cc1nccs1)[C@@H]1CC12CCN(C(=O)c1cc(C#N)c[nH]1)CC2. The van der Waals surface area contributed by atoms with Gasteiger partial charge in [-0.25, -0.2) is 4.98 Å². The maximum Gasteiger partial charge on any atom is 0.270 e. The van der Waals surface area contributed by atoms with Crippen molar-refractivity contribution in [3.63, 3.8) is 0 Å². The third-order valence-electron chi connectivity index (χ3n) is 5.64. The molecule has 0 aromatic carbocycles. The van der Waals surface area contributed by atoms with Gasteiger partial charge in [0, 0.05) is 36.9 Å². The van der Waals surface area contributed by atoms with Crippen molar-refractivity contribution in [2.45, 2.75) is 31.8 Å². The largest absolute Gasteiger partial charge is 0.356 e. The van der Waals surface area contributed by atoms with E-state index in [1.54, 1.807) is 23.6 Å². The Labute approximate surface area is 151 Å². The van der Waals surface area contributed by atoms with Gasteiger partial charge in [0.05, 0.1) is 12.1 Å². The molecule has 1 saturated heterocycles. The van der Waals surface area contributed by atoms with E-state index < -0.39 is 0 Å². The van der Waals surface area contributed by atoms with E-state index in [2.05, 4.69) is 28.0 Å². The van der Waals surface area contributed by atoms with Gasteiger partial charge >= 0.3 is 0 Å². The molecule has 1 aliphatic carbocycles. The van der Waals surface area contributed by atoms with Crippen LogP contribution in [0.1, 0.15) is 40.3 Å². The Morgan fingerprint density at radius 1 is 1.56 bits per heavy atom. The predicted octanol–water partition coefficient (Wildman–Crippen LogP) is 2.47. The lowest BCUT2D eigenvalue weighted by Crippen LogP contribution is -2.41. The smallest absolute Gasteiger partial charge is 0.270 e. The standard InChI is InChI=1S/C18H21N5OS/c1-22(12-16-20-4-7-25-16)15-9-18(15)2-5-23(6-3-18)17(24)14-8-13(10-19)11-21-14/h4,7-8,11,15,21H,2-3,5-6,9,12H2,1H3/t15-/m1/s1. The van der Waals surface area contributed by atoms with Crippen LogP contribution in [-0.2, 0) is 6.54 Å². The van der Waals surface area contributed by atoms with Crippen molar-refractivity contribution >= 4 is 17.2 Å². The highest BCUT2D eigenvalue weighted by atomic mass is 32.1. The van der Waals surface area contributed by atoms with Crippen LogP contribution in [0.25, 0.3) is 0 Å². The first-order valence-electron chi connectivity index (χ1n) is 8.58. The van der Waals surface area contributed by atoms with Gasteiger partial charge in [-0.2, -0.15) is 5.26 Å². The van der Waals surface area contributed by atoms with E-state index in [4.69, 9.17) is 5.26 Å². The van der Waals surface area contributed by atoms with Crippen molar-refractivity contribution in [2.75, 3.05) is 20.1 Å². The van der Waals surface area contributed by atoms with E-state index >= 15 is 0 Å². The number of aromatic nitrogens is 2. The molecule has 130 valence electrons. The lowest BCUT2D eigenvalue weighted by atomic mass is 9.92. The number of nitriles is 1. The number of rotatable bonds is 4. The summed E-state index contributed by atoms with van der Waals surface area (Å²) in [7, 11) is 2.18. The Bertz CT molecular complexity index is 798. The molecule has 1 saturated carbocycles. The van der Waals surface area contributed by atoms with E-state index in [9.17, 15) is 4.79 Å². The van der Waals surface area contributed by atoms with Crippen molar-refractivity contribution in [3.8, 4) is 6.07 Å². The minimum absolute atomic E-state index is 0.00434. The molecule has 2 aromatic rings. The van der Waals surface area contributed by atoms with Gasteiger partial charge in [-0.3, -0.25) is 9.69 Å². The number of nitrogens with one attached hydrogen (secondary N) is 1. The summed E-state index contributed by atoms with van der Waals surface area (Å²) in [4.78, 5) is 24.2. The third kappa shape index (κ3) is 3.08. The summed E-state index contributed by atoms with van der Waals surface area (Å²) in [6, 6.07) is 4.29. The molecule has 1 N–H and O–H groups in total. The fourth-order valence-corrected chi connectivity index (χ4v) is 4.73. The van der Waals surface area contributed by atoms with Gasteiger partial charge in [-0.05, 0) is 37.8 Å². The second kappa shape index (κ2) is 6.28. The van der Waals surface area contributed by atoms with Gasteiger partial charge in [0.15, 0.2) is 0 Å². The normalized spacial score (nSPS) is 21.5. The number of nitrogens with zero attached hydrogens (tertiary/aromatic N) is 4. The van der Waals surface area contributed by atoms with Crippen molar-refractivity contribution in [1.82, 2.24) is 19.8 Å². The van der Waals surface area contributed by atoms with Crippen LogP contribution in [0.4, 0.5) is 0 Å². The molecule has 2 aliphatic rings. The van der Waals surface area contributed by atoms with Crippen LogP contribution in [0.15, 0.2) is 23.8 Å². The van der Waals surface area contributed by atoms with Crippen LogP contribution >= 0.6 is 11.3 Å². The summed E-state index contributed by atoms with van der Waals surface area (Å²) in [5.74, 6) is 0.00434. The molecular weight excluding hydrogens is 334 g/mol. The Kier molecular flexibility index (Phi) is 4.10. The molecule has 2 aromatic heterocycles. The van der Waals surface area contributed by atoms with Crippen LogP contribution in [0.2, 0.25) is 0 Å². The molecule has 0 bridgehead atoms. The van der Waals surface area contributed by atoms with E-state index in [1.165, 1.54) is 6.42 Å². The van der Waals surface area contributed by atoms with E-state index in [0.717, 1.165) is 37.5 Å². The van der Waals surface area contributed by atoms with E-state index in [-0.39, 0.29) is 5.91 Å². The summed E-state index contributed by atoms with van der Waals surface area (Å²) >= 11 is 1.71. The minimum atomic E-state index is 0.00434. The minimum Gasteiger partial charge on any atom is -0.356 e. The Hall–Kier alpha value is -2.17. The second-order valence-corrected chi connectivity index (χ2v) is 8.11. The summed E-state index contributed by atoms with van der Waals surface area (Å²) < 4.78 is 0. The first-order chi connectivity index (χ1) is 12.1.